The fraction of sp³-hybridized carbons (Fsp3) is 0.0455. The molecule has 0 amide bonds. The Balaban J connectivity index is 2.03. The van der Waals surface area contributed by atoms with Gasteiger partial charge in [-0.2, -0.15) is 0 Å². The maximum Gasteiger partial charge on any atom is 0.238 e. The summed E-state index contributed by atoms with van der Waals surface area (Å²) < 4.78 is 47.8. The van der Waals surface area contributed by atoms with Crippen LogP contribution in [0.15, 0.2) is 80.8 Å². The number of fused-ring (bicyclic) bond motifs is 1. The molecule has 0 unspecified atom stereocenters. The van der Waals surface area contributed by atoms with E-state index in [1.165, 1.54) is 55.6 Å². The van der Waals surface area contributed by atoms with Crippen molar-refractivity contribution >= 4 is 21.0 Å². The lowest BCUT2D eigenvalue weighted by molar-refractivity contribution is 0.415. The van der Waals surface area contributed by atoms with Crippen LogP contribution < -0.4 is 15.3 Å². The molecule has 0 aliphatic heterocycles. The van der Waals surface area contributed by atoms with Crippen LogP contribution >= 0.6 is 0 Å². The van der Waals surface area contributed by atoms with Gasteiger partial charge < -0.3 is 9.15 Å². The van der Waals surface area contributed by atoms with Crippen LogP contribution in [-0.2, 0) is 10.0 Å². The Morgan fingerprint density at radius 3 is 2.17 bits per heavy atom. The van der Waals surface area contributed by atoms with E-state index in [1.54, 1.807) is 18.2 Å². The zero-order valence-corrected chi connectivity index (χ0v) is 16.6. The topological polar surface area (TPSA) is 99.6 Å². The second kappa shape index (κ2) is 7.40. The maximum absolute atomic E-state index is 13.4. The van der Waals surface area contributed by atoms with E-state index in [2.05, 4.69) is 0 Å². The highest BCUT2D eigenvalue weighted by molar-refractivity contribution is 7.89. The third kappa shape index (κ3) is 3.58. The summed E-state index contributed by atoms with van der Waals surface area (Å²) in [5.74, 6) is 0.278. The first kappa shape index (κ1) is 19.8. The molecule has 1 aromatic heterocycles. The number of ether oxygens (including phenoxy) is 1. The van der Waals surface area contributed by atoms with E-state index in [4.69, 9.17) is 14.3 Å². The summed E-state index contributed by atoms with van der Waals surface area (Å²) in [6.07, 6.45) is 0. The van der Waals surface area contributed by atoms with Gasteiger partial charge in [0, 0.05) is 5.56 Å². The molecule has 3 aromatic carbocycles. The van der Waals surface area contributed by atoms with E-state index in [0.717, 1.165) is 0 Å². The predicted molar refractivity (Wildman–Crippen MR) is 111 cm³/mol. The van der Waals surface area contributed by atoms with Crippen molar-refractivity contribution in [3.63, 3.8) is 0 Å². The van der Waals surface area contributed by atoms with E-state index < -0.39 is 15.8 Å². The normalized spacial score (nSPS) is 11.6. The van der Waals surface area contributed by atoms with Crippen LogP contribution in [0.5, 0.6) is 5.75 Å². The van der Waals surface area contributed by atoms with Gasteiger partial charge >= 0.3 is 0 Å². The van der Waals surface area contributed by atoms with Crippen LogP contribution in [0.2, 0.25) is 0 Å². The first-order chi connectivity index (χ1) is 14.3. The molecule has 0 atom stereocenters. The number of halogens is 1. The fourth-order valence-electron chi connectivity index (χ4n) is 3.18. The predicted octanol–water partition coefficient (Wildman–Crippen LogP) is 3.92. The molecule has 4 aromatic rings. The van der Waals surface area contributed by atoms with Crippen LogP contribution in [0.25, 0.3) is 33.4 Å². The van der Waals surface area contributed by atoms with Crippen molar-refractivity contribution < 1.29 is 22.0 Å². The second-order valence-electron chi connectivity index (χ2n) is 6.57. The summed E-state index contributed by atoms with van der Waals surface area (Å²) >= 11 is 0. The lowest BCUT2D eigenvalue weighted by Gasteiger charge is -2.12. The maximum atomic E-state index is 13.4. The monoisotopic (exact) mass is 425 g/mol. The Morgan fingerprint density at radius 2 is 1.57 bits per heavy atom. The molecule has 1 heterocycles. The number of methoxy groups -OCH3 is 1. The highest BCUT2D eigenvalue weighted by Gasteiger charge is 2.19. The molecular weight excluding hydrogens is 409 g/mol. The molecule has 0 bridgehead atoms. The van der Waals surface area contributed by atoms with Crippen molar-refractivity contribution in [1.29, 1.82) is 0 Å². The minimum atomic E-state index is -3.87. The minimum Gasteiger partial charge on any atom is -0.497 e. The lowest BCUT2D eigenvalue weighted by Crippen LogP contribution is -2.12. The van der Waals surface area contributed by atoms with Gasteiger partial charge in [-0.15, -0.1) is 0 Å². The van der Waals surface area contributed by atoms with E-state index in [1.807, 2.05) is 0 Å². The molecule has 152 valence electrons. The van der Waals surface area contributed by atoms with Crippen LogP contribution in [0.3, 0.4) is 0 Å². The number of benzene rings is 3. The molecule has 6 nitrogen and oxygen atoms in total. The molecule has 0 radical (unpaired) electrons. The van der Waals surface area contributed by atoms with Crippen molar-refractivity contribution in [3.8, 4) is 28.2 Å². The van der Waals surface area contributed by atoms with Crippen LogP contribution in [0.1, 0.15) is 0 Å². The average molecular weight is 425 g/mol. The molecule has 0 aliphatic carbocycles. The summed E-state index contributed by atoms with van der Waals surface area (Å²) in [7, 11) is -2.38. The van der Waals surface area contributed by atoms with Gasteiger partial charge in [0.15, 0.2) is 0 Å². The highest BCUT2D eigenvalue weighted by Crippen LogP contribution is 2.34. The zero-order valence-electron chi connectivity index (χ0n) is 15.8. The highest BCUT2D eigenvalue weighted by atomic mass is 32.2. The zero-order chi connectivity index (χ0) is 21.5. The summed E-state index contributed by atoms with van der Waals surface area (Å²) in [5.41, 5.74) is 1.15. The van der Waals surface area contributed by atoms with Crippen LogP contribution in [-0.4, -0.2) is 15.5 Å². The van der Waals surface area contributed by atoms with Crippen molar-refractivity contribution in [2.24, 2.45) is 5.14 Å². The third-order valence-corrected chi connectivity index (χ3v) is 5.60. The van der Waals surface area contributed by atoms with Gasteiger partial charge in [0.2, 0.25) is 15.5 Å². The number of rotatable bonds is 4. The number of hydrogen-bond donors (Lipinski definition) is 1. The Hall–Kier alpha value is -3.49. The molecular formula is C22H16FNO5S. The van der Waals surface area contributed by atoms with Gasteiger partial charge in [-0.05, 0) is 60.2 Å². The molecule has 0 saturated heterocycles. The molecule has 0 fully saturated rings. The van der Waals surface area contributed by atoms with E-state index >= 15 is 0 Å². The van der Waals surface area contributed by atoms with Crippen molar-refractivity contribution in [1.82, 2.24) is 0 Å². The Labute approximate surface area is 171 Å². The molecule has 0 spiro atoms. The van der Waals surface area contributed by atoms with Gasteiger partial charge in [-0.1, -0.05) is 12.1 Å². The van der Waals surface area contributed by atoms with Gasteiger partial charge in [0.25, 0.3) is 0 Å². The summed E-state index contributed by atoms with van der Waals surface area (Å²) in [4.78, 5) is 13.3. The largest absolute Gasteiger partial charge is 0.497 e. The Bertz CT molecular complexity index is 1410. The Kier molecular flexibility index (Phi) is 4.89. The number of hydrogen-bond acceptors (Lipinski definition) is 5. The van der Waals surface area contributed by atoms with E-state index in [0.29, 0.717) is 27.8 Å². The Morgan fingerprint density at radius 1 is 0.933 bits per heavy atom. The SMILES string of the molecule is COc1ccc2oc(-c3ccc(S(N)(=O)=O)cc3)c(-c3ccc(F)cc3)c(=O)c2c1. The number of primary sulfonamides is 1. The van der Waals surface area contributed by atoms with Crippen LogP contribution in [0, 0.1) is 5.82 Å². The van der Waals surface area contributed by atoms with Gasteiger partial charge in [-0.25, -0.2) is 17.9 Å². The molecule has 4 rings (SSSR count). The second-order valence-corrected chi connectivity index (χ2v) is 8.14. The van der Waals surface area contributed by atoms with Crippen molar-refractivity contribution in [2.75, 3.05) is 7.11 Å². The standard InChI is InChI=1S/C22H16FNO5S/c1-28-16-8-11-19-18(12-16)21(25)20(13-2-6-15(23)7-3-13)22(29-19)14-4-9-17(10-5-14)30(24,26)27/h2-12H,1H3,(H2,24,26,27). The number of nitrogens with two attached hydrogens (primary N) is 1. The molecule has 2 N–H and O–H groups in total. The first-order valence-corrected chi connectivity index (χ1v) is 10.4. The minimum absolute atomic E-state index is 0.0672. The average Bonchev–Trinajstić information content (AvgIpc) is 2.74. The lowest BCUT2D eigenvalue weighted by atomic mass is 9.98. The first-order valence-electron chi connectivity index (χ1n) is 8.82. The van der Waals surface area contributed by atoms with E-state index in [9.17, 15) is 17.6 Å². The molecule has 8 heteroatoms. The summed E-state index contributed by atoms with van der Waals surface area (Å²) in [5, 5.41) is 5.46. The molecule has 30 heavy (non-hydrogen) atoms. The summed E-state index contributed by atoms with van der Waals surface area (Å²) in [6, 6.07) is 16.0. The van der Waals surface area contributed by atoms with Crippen molar-refractivity contribution in [3.05, 3.63) is 82.8 Å². The summed E-state index contributed by atoms with van der Waals surface area (Å²) in [6.45, 7) is 0. The number of sulfonamides is 1. The van der Waals surface area contributed by atoms with Gasteiger partial charge in [0.1, 0.15) is 22.9 Å². The van der Waals surface area contributed by atoms with E-state index in [-0.39, 0.29) is 21.6 Å². The molecule has 0 aliphatic rings. The van der Waals surface area contributed by atoms with Crippen LogP contribution in [0.4, 0.5) is 4.39 Å². The van der Waals surface area contributed by atoms with Gasteiger partial charge in [-0.3, -0.25) is 4.79 Å². The fourth-order valence-corrected chi connectivity index (χ4v) is 3.69. The van der Waals surface area contributed by atoms with Crippen molar-refractivity contribution in [2.45, 2.75) is 4.90 Å². The van der Waals surface area contributed by atoms with Gasteiger partial charge in [0.05, 0.1) is 23.0 Å². The molecule has 0 saturated carbocycles. The smallest absolute Gasteiger partial charge is 0.238 e. The third-order valence-electron chi connectivity index (χ3n) is 4.68. The quantitative estimate of drug-likeness (QED) is 0.534.